The molecule has 1 aromatic carbocycles. The molecule has 1 amide bonds. The van der Waals surface area contributed by atoms with Gasteiger partial charge in [-0.05, 0) is 86.4 Å². The Hall–Kier alpha value is -3.71. The molecule has 0 aliphatic heterocycles. The molecule has 5 rings (SSSR count). The fourth-order valence-corrected chi connectivity index (χ4v) is 5.94. The number of nitrogens with zero attached hydrogens (tertiary/aromatic N) is 3. The number of carbonyl (C=O) groups is 1. The topological polar surface area (TPSA) is 71.8 Å². The smallest absolute Gasteiger partial charge is 0.253 e. The average Bonchev–Trinajstić information content (AvgIpc) is 3.57. The first-order valence-electron chi connectivity index (χ1n) is 13.7. The van der Waals surface area contributed by atoms with Crippen LogP contribution in [0.15, 0.2) is 83.9 Å². The molecule has 1 fully saturated rings. The van der Waals surface area contributed by atoms with Gasteiger partial charge in [0, 0.05) is 47.0 Å². The number of thiazole rings is 1. The van der Waals surface area contributed by atoms with Gasteiger partial charge >= 0.3 is 0 Å². The molecule has 202 valence electrons. The molecule has 6 nitrogen and oxygen atoms in total. The fraction of sp³-hybridized carbons (Fsp3) is 0.344. The van der Waals surface area contributed by atoms with Crippen LogP contribution >= 0.6 is 11.3 Å². The number of rotatable bonds is 10. The number of carbonyl (C=O) groups excluding carboxylic acids is 1. The number of hydrogen-bond acceptors (Lipinski definition) is 5. The van der Waals surface area contributed by atoms with Gasteiger partial charge in [-0.3, -0.25) is 9.78 Å². The summed E-state index contributed by atoms with van der Waals surface area (Å²) in [5, 5.41) is 9.59. The molecule has 3 heterocycles. The van der Waals surface area contributed by atoms with Crippen LogP contribution < -0.4 is 10.6 Å². The maximum absolute atomic E-state index is 13.0. The van der Waals surface area contributed by atoms with E-state index in [2.05, 4.69) is 77.5 Å². The van der Waals surface area contributed by atoms with E-state index in [4.69, 9.17) is 4.98 Å². The SMILES string of the molecule is CC(C)CC(C)(C)n1ccc(C(=O)NCC(Nc2nc(-c3cccc(-c4ccncc4)c3)cs2)=C2CCC2)c1. The lowest BCUT2D eigenvalue weighted by molar-refractivity contribution is 0.0956. The molecule has 1 saturated carbocycles. The second kappa shape index (κ2) is 11.6. The van der Waals surface area contributed by atoms with Crippen molar-refractivity contribution in [3.8, 4) is 22.4 Å². The molecule has 0 unspecified atom stereocenters. The lowest BCUT2D eigenvalue weighted by atomic mass is 9.90. The highest BCUT2D eigenvalue weighted by atomic mass is 32.1. The number of aromatic nitrogens is 3. The largest absolute Gasteiger partial charge is 0.348 e. The summed E-state index contributed by atoms with van der Waals surface area (Å²) < 4.78 is 2.16. The van der Waals surface area contributed by atoms with Crippen molar-refractivity contribution in [2.75, 3.05) is 11.9 Å². The third-order valence-electron chi connectivity index (χ3n) is 7.31. The Kier molecular flexibility index (Phi) is 7.98. The van der Waals surface area contributed by atoms with Crippen molar-refractivity contribution < 1.29 is 4.79 Å². The molecule has 1 aliphatic carbocycles. The van der Waals surface area contributed by atoms with Crippen molar-refractivity contribution in [3.63, 3.8) is 0 Å². The molecule has 2 N–H and O–H groups in total. The Labute approximate surface area is 235 Å². The maximum atomic E-state index is 13.0. The van der Waals surface area contributed by atoms with E-state index >= 15 is 0 Å². The van der Waals surface area contributed by atoms with E-state index in [-0.39, 0.29) is 11.4 Å². The molecule has 3 aromatic heterocycles. The standard InChI is InChI=1S/C32H37N5OS/c1-22(2)18-32(3,4)37-16-13-27(20-37)30(38)34-19-28(24-7-5-8-24)35-31-36-29(21-39-31)26-10-6-9-25(17-26)23-11-14-33-15-12-23/h6,9-17,20-22H,5,7-8,18-19H2,1-4H3,(H,34,38)(H,35,36). The van der Waals surface area contributed by atoms with E-state index in [1.165, 1.54) is 12.0 Å². The van der Waals surface area contributed by atoms with Gasteiger partial charge in [-0.1, -0.05) is 32.0 Å². The Morgan fingerprint density at radius 1 is 1.08 bits per heavy atom. The molecule has 39 heavy (non-hydrogen) atoms. The lowest BCUT2D eigenvalue weighted by Crippen LogP contribution is -2.30. The lowest BCUT2D eigenvalue weighted by Gasteiger charge is -2.29. The zero-order valence-corrected chi connectivity index (χ0v) is 24.0. The minimum Gasteiger partial charge on any atom is -0.348 e. The number of hydrogen-bond donors (Lipinski definition) is 2. The minimum absolute atomic E-state index is 0.0340. The molecule has 0 saturated heterocycles. The number of anilines is 1. The molecule has 0 radical (unpaired) electrons. The molecular weight excluding hydrogens is 502 g/mol. The van der Waals surface area contributed by atoms with Crippen LogP contribution in [0.4, 0.5) is 5.13 Å². The zero-order valence-electron chi connectivity index (χ0n) is 23.2. The van der Waals surface area contributed by atoms with Gasteiger partial charge in [0.15, 0.2) is 5.13 Å². The Bertz CT molecular complexity index is 1460. The number of amides is 1. The van der Waals surface area contributed by atoms with Gasteiger partial charge in [0.05, 0.1) is 17.8 Å². The third-order valence-corrected chi connectivity index (χ3v) is 8.06. The highest BCUT2D eigenvalue weighted by Crippen LogP contribution is 2.32. The highest BCUT2D eigenvalue weighted by molar-refractivity contribution is 7.14. The quantitative estimate of drug-likeness (QED) is 0.216. The summed E-state index contributed by atoms with van der Waals surface area (Å²) >= 11 is 1.59. The number of nitrogens with one attached hydrogen (secondary N) is 2. The molecular formula is C32H37N5OS. The van der Waals surface area contributed by atoms with Crippen LogP contribution in [0.1, 0.15) is 63.7 Å². The first-order chi connectivity index (χ1) is 18.8. The van der Waals surface area contributed by atoms with Gasteiger partial charge in [-0.15, -0.1) is 11.3 Å². The van der Waals surface area contributed by atoms with Crippen LogP contribution in [0, 0.1) is 5.92 Å². The van der Waals surface area contributed by atoms with Crippen LogP contribution in [0.3, 0.4) is 0 Å². The van der Waals surface area contributed by atoms with Crippen molar-refractivity contribution >= 4 is 22.4 Å². The fourth-order valence-electron chi connectivity index (χ4n) is 5.19. The van der Waals surface area contributed by atoms with Gasteiger partial charge in [0.1, 0.15) is 0 Å². The van der Waals surface area contributed by atoms with Gasteiger partial charge in [-0.2, -0.15) is 0 Å². The second-order valence-corrected chi connectivity index (χ2v) is 12.2. The van der Waals surface area contributed by atoms with E-state index in [9.17, 15) is 4.79 Å². The van der Waals surface area contributed by atoms with Crippen molar-refractivity contribution in [2.45, 2.75) is 58.9 Å². The average molecular weight is 540 g/mol. The predicted octanol–water partition coefficient (Wildman–Crippen LogP) is 7.73. The van der Waals surface area contributed by atoms with Crippen LogP contribution in [-0.4, -0.2) is 27.0 Å². The Morgan fingerprint density at radius 3 is 2.56 bits per heavy atom. The summed E-state index contributed by atoms with van der Waals surface area (Å²) in [6.07, 6.45) is 12.0. The van der Waals surface area contributed by atoms with Crippen LogP contribution in [0.5, 0.6) is 0 Å². The summed E-state index contributed by atoms with van der Waals surface area (Å²) in [5.74, 6) is 0.528. The van der Waals surface area contributed by atoms with E-state index < -0.39 is 0 Å². The Balaban J connectivity index is 1.25. The molecule has 0 spiro atoms. The van der Waals surface area contributed by atoms with Crippen molar-refractivity contribution in [2.24, 2.45) is 5.92 Å². The summed E-state index contributed by atoms with van der Waals surface area (Å²) in [7, 11) is 0. The summed E-state index contributed by atoms with van der Waals surface area (Å²) in [6, 6.07) is 14.4. The van der Waals surface area contributed by atoms with E-state index in [0.29, 0.717) is 18.0 Å². The first kappa shape index (κ1) is 26.9. The number of allylic oxidation sites excluding steroid dienone is 1. The van der Waals surface area contributed by atoms with E-state index in [1.54, 1.807) is 11.3 Å². The van der Waals surface area contributed by atoms with E-state index in [0.717, 1.165) is 52.5 Å². The highest BCUT2D eigenvalue weighted by Gasteiger charge is 2.23. The van der Waals surface area contributed by atoms with Gasteiger partial charge in [0.25, 0.3) is 5.91 Å². The van der Waals surface area contributed by atoms with Crippen molar-refractivity contribution in [3.05, 3.63) is 89.5 Å². The molecule has 0 bridgehead atoms. The van der Waals surface area contributed by atoms with Crippen LogP contribution in [0.2, 0.25) is 0 Å². The summed E-state index contributed by atoms with van der Waals surface area (Å²) in [5.41, 5.74) is 7.35. The number of pyridine rings is 1. The number of benzene rings is 1. The minimum atomic E-state index is -0.0546. The van der Waals surface area contributed by atoms with Crippen molar-refractivity contribution in [1.82, 2.24) is 19.9 Å². The Morgan fingerprint density at radius 2 is 1.85 bits per heavy atom. The maximum Gasteiger partial charge on any atom is 0.253 e. The van der Waals surface area contributed by atoms with Crippen molar-refractivity contribution in [1.29, 1.82) is 0 Å². The molecule has 7 heteroatoms. The second-order valence-electron chi connectivity index (χ2n) is 11.3. The third kappa shape index (κ3) is 6.48. The van der Waals surface area contributed by atoms with Crippen LogP contribution in [0.25, 0.3) is 22.4 Å². The zero-order chi connectivity index (χ0) is 27.4. The van der Waals surface area contributed by atoms with E-state index in [1.807, 2.05) is 43.0 Å². The normalized spacial score (nSPS) is 13.3. The molecule has 4 aromatic rings. The molecule has 1 aliphatic rings. The van der Waals surface area contributed by atoms with Crippen LogP contribution in [-0.2, 0) is 5.54 Å². The van der Waals surface area contributed by atoms with Gasteiger partial charge in [-0.25, -0.2) is 4.98 Å². The van der Waals surface area contributed by atoms with Gasteiger partial charge < -0.3 is 15.2 Å². The summed E-state index contributed by atoms with van der Waals surface area (Å²) in [4.78, 5) is 22.0. The first-order valence-corrected chi connectivity index (χ1v) is 14.6. The predicted molar refractivity (Wildman–Crippen MR) is 161 cm³/mol. The van der Waals surface area contributed by atoms with Gasteiger partial charge in [0.2, 0.25) is 0 Å². The summed E-state index contributed by atoms with van der Waals surface area (Å²) in [6.45, 7) is 9.35. The molecule has 0 atom stereocenters. The monoisotopic (exact) mass is 539 g/mol.